The van der Waals surface area contributed by atoms with Crippen molar-refractivity contribution < 1.29 is 18.7 Å². The first-order valence-electron chi connectivity index (χ1n) is 8.13. The lowest BCUT2D eigenvalue weighted by atomic mass is 10.1. The molecule has 2 aromatic heterocycles. The van der Waals surface area contributed by atoms with Gasteiger partial charge in [-0.05, 0) is 29.8 Å². The number of hydrogen-bond donors (Lipinski definition) is 2. The van der Waals surface area contributed by atoms with Gasteiger partial charge in [0.05, 0.1) is 0 Å². The molecule has 0 unspecified atom stereocenters. The van der Waals surface area contributed by atoms with E-state index < -0.39 is 5.78 Å². The quantitative estimate of drug-likeness (QED) is 0.396. The minimum atomic E-state index is -0.497. The second-order valence-electron chi connectivity index (χ2n) is 6.16. The summed E-state index contributed by atoms with van der Waals surface area (Å²) in [6, 6.07) is 9.25. The normalized spacial score (nSPS) is 11.9. The highest BCUT2D eigenvalue weighted by Crippen LogP contribution is 2.17. The molecular weight excluding hydrogens is 337 g/mol. The molecule has 26 heavy (non-hydrogen) atoms. The molecule has 3 rings (SSSR count). The Morgan fingerprint density at radius 3 is 2.65 bits per heavy atom. The molecule has 0 atom stereocenters. The number of aromatic nitrogens is 3. The summed E-state index contributed by atoms with van der Waals surface area (Å²) in [4.78, 5) is 16.4. The smallest absolute Gasteiger partial charge is 0.224 e. The van der Waals surface area contributed by atoms with Crippen LogP contribution in [-0.2, 0) is 6.42 Å². The minimum Gasteiger partial charge on any atom is -0.504 e. The maximum atomic E-state index is 12.9. The second-order valence-corrected chi connectivity index (χ2v) is 6.16. The van der Waals surface area contributed by atoms with Crippen LogP contribution in [0, 0.1) is 5.82 Å². The number of carbonyl (C=O) groups is 1. The standard InChI is InChI=1S/C19H18FN3O3/c1-11(2)18-21-19(23-22-18)16(25)10-15(24)17-8-7-14(26-17)9-12-3-5-13(20)6-4-12/h3-8,10-11,25H,9H2,1-2H3,(H,21,22,23)/b16-10-. The molecule has 2 heterocycles. The van der Waals surface area contributed by atoms with Crippen LogP contribution in [0.1, 0.15) is 53.3 Å². The molecule has 0 amide bonds. The highest BCUT2D eigenvalue weighted by Gasteiger charge is 2.15. The fourth-order valence-electron chi connectivity index (χ4n) is 2.32. The fourth-order valence-corrected chi connectivity index (χ4v) is 2.32. The van der Waals surface area contributed by atoms with Crippen molar-refractivity contribution in [3.63, 3.8) is 0 Å². The van der Waals surface area contributed by atoms with Crippen molar-refractivity contribution in [3.05, 3.63) is 77.0 Å². The van der Waals surface area contributed by atoms with Gasteiger partial charge >= 0.3 is 0 Å². The first kappa shape index (κ1) is 17.6. The predicted molar refractivity (Wildman–Crippen MR) is 93.3 cm³/mol. The Bertz CT molecular complexity index is 939. The SMILES string of the molecule is CC(C)c1nc(/C(O)=C/C(=O)c2ccc(Cc3ccc(F)cc3)o2)n[nH]1. The largest absolute Gasteiger partial charge is 0.504 e. The summed E-state index contributed by atoms with van der Waals surface area (Å²) in [6.07, 6.45) is 1.45. The number of furan rings is 1. The number of hydrogen-bond acceptors (Lipinski definition) is 5. The van der Waals surface area contributed by atoms with E-state index in [0.717, 1.165) is 11.6 Å². The van der Waals surface area contributed by atoms with Crippen molar-refractivity contribution >= 4 is 11.5 Å². The third kappa shape index (κ3) is 4.05. The number of carbonyl (C=O) groups excluding carboxylic acids is 1. The van der Waals surface area contributed by atoms with Crippen molar-refractivity contribution in [2.45, 2.75) is 26.2 Å². The van der Waals surface area contributed by atoms with Crippen molar-refractivity contribution in [2.24, 2.45) is 0 Å². The van der Waals surface area contributed by atoms with Gasteiger partial charge in [0.15, 0.2) is 11.5 Å². The van der Waals surface area contributed by atoms with E-state index in [-0.39, 0.29) is 29.1 Å². The number of aromatic amines is 1. The summed E-state index contributed by atoms with van der Waals surface area (Å²) >= 11 is 0. The number of H-pyrrole nitrogens is 1. The van der Waals surface area contributed by atoms with E-state index in [4.69, 9.17) is 4.42 Å². The molecule has 0 bridgehead atoms. The number of ketones is 1. The van der Waals surface area contributed by atoms with Crippen LogP contribution in [0.25, 0.3) is 5.76 Å². The molecule has 0 spiro atoms. The Morgan fingerprint density at radius 2 is 2.00 bits per heavy atom. The van der Waals surface area contributed by atoms with Gasteiger partial charge in [-0.25, -0.2) is 9.37 Å². The molecule has 7 heteroatoms. The maximum Gasteiger partial charge on any atom is 0.224 e. The number of halogens is 1. The average molecular weight is 355 g/mol. The van der Waals surface area contributed by atoms with E-state index in [1.54, 1.807) is 18.2 Å². The van der Waals surface area contributed by atoms with Gasteiger partial charge in [-0.15, -0.1) is 0 Å². The monoisotopic (exact) mass is 355 g/mol. The van der Waals surface area contributed by atoms with Gasteiger partial charge in [-0.2, -0.15) is 5.10 Å². The van der Waals surface area contributed by atoms with Gasteiger partial charge in [-0.1, -0.05) is 26.0 Å². The number of aliphatic hydroxyl groups is 1. The highest BCUT2D eigenvalue weighted by atomic mass is 19.1. The average Bonchev–Trinajstić information content (AvgIpc) is 3.26. The van der Waals surface area contributed by atoms with Crippen LogP contribution in [0.4, 0.5) is 4.39 Å². The lowest BCUT2D eigenvalue weighted by Gasteiger charge is -1.98. The zero-order valence-electron chi connectivity index (χ0n) is 14.4. The number of allylic oxidation sites excluding steroid dienone is 1. The second kappa shape index (κ2) is 7.35. The van der Waals surface area contributed by atoms with E-state index in [1.807, 2.05) is 13.8 Å². The summed E-state index contributed by atoms with van der Waals surface area (Å²) in [7, 11) is 0. The van der Waals surface area contributed by atoms with Crippen LogP contribution in [-0.4, -0.2) is 26.1 Å². The molecule has 0 saturated heterocycles. The van der Waals surface area contributed by atoms with Crippen molar-refractivity contribution in [1.29, 1.82) is 0 Å². The van der Waals surface area contributed by atoms with E-state index in [0.29, 0.717) is 18.0 Å². The predicted octanol–water partition coefficient (Wildman–Crippen LogP) is 4.03. The molecule has 2 N–H and O–H groups in total. The number of rotatable bonds is 6. The van der Waals surface area contributed by atoms with Crippen LogP contribution in [0.5, 0.6) is 0 Å². The lowest BCUT2D eigenvalue weighted by Crippen LogP contribution is -1.96. The molecular formula is C19H18FN3O3. The van der Waals surface area contributed by atoms with Gasteiger partial charge < -0.3 is 9.52 Å². The first-order chi connectivity index (χ1) is 12.4. The Kier molecular flexibility index (Phi) is 4.97. The summed E-state index contributed by atoms with van der Waals surface area (Å²) < 4.78 is 18.4. The molecule has 0 saturated carbocycles. The van der Waals surface area contributed by atoms with Crippen molar-refractivity contribution in [1.82, 2.24) is 15.2 Å². The highest BCUT2D eigenvalue weighted by molar-refractivity contribution is 6.05. The van der Waals surface area contributed by atoms with Crippen molar-refractivity contribution in [2.75, 3.05) is 0 Å². The van der Waals surface area contributed by atoms with E-state index >= 15 is 0 Å². The van der Waals surface area contributed by atoms with Gasteiger partial charge in [0.2, 0.25) is 11.6 Å². The zero-order valence-corrected chi connectivity index (χ0v) is 14.4. The molecule has 134 valence electrons. The lowest BCUT2D eigenvalue weighted by molar-refractivity contribution is 0.101. The van der Waals surface area contributed by atoms with Crippen LogP contribution >= 0.6 is 0 Å². The summed E-state index contributed by atoms with van der Waals surface area (Å²) in [5.74, 6) is 0.308. The topological polar surface area (TPSA) is 92.0 Å². The van der Waals surface area contributed by atoms with Crippen LogP contribution in [0.2, 0.25) is 0 Å². The summed E-state index contributed by atoms with van der Waals surface area (Å²) in [5, 5.41) is 16.6. The first-order valence-corrected chi connectivity index (χ1v) is 8.13. The molecule has 3 aromatic rings. The third-order valence-corrected chi connectivity index (χ3v) is 3.74. The Labute approximate surface area is 149 Å². The van der Waals surface area contributed by atoms with E-state index in [9.17, 15) is 14.3 Å². The van der Waals surface area contributed by atoms with Crippen LogP contribution < -0.4 is 0 Å². The molecule has 0 radical (unpaired) electrons. The Morgan fingerprint density at radius 1 is 1.27 bits per heavy atom. The van der Waals surface area contributed by atoms with E-state index in [1.165, 1.54) is 18.2 Å². The van der Waals surface area contributed by atoms with E-state index in [2.05, 4.69) is 15.2 Å². The summed E-state index contributed by atoms with van der Waals surface area (Å²) in [6.45, 7) is 3.86. The van der Waals surface area contributed by atoms with Gasteiger partial charge in [-0.3, -0.25) is 9.89 Å². The molecule has 0 aliphatic rings. The minimum absolute atomic E-state index is 0.0557. The third-order valence-electron chi connectivity index (χ3n) is 3.74. The fraction of sp³-hybridized carbons (Fsp3) is 0.211. The zero-order chi connectivity index (χ0) is 18.7. The van der Waals surface area contributed by atoms with Crippen molar-refractivity contribution in [3.8, 4) is 0 Å². The molecule has 6 nitrogen and oxygen atoms in total. The van der Waals surface area contributed by atoms with Crippen LogP contribution in [0.3, 0.4) is 0 Å². The number of nitrogens with zero attached hydrogens (tertiary/aromatic N) is 2. The molecule has 0 fully saturated rings. The maximum absolute atomic E-state index is 12.9. The molecule has 0 aliphatic carbocycles. The van der Waals surface area contributed by atoms with Gasteiger partial charge in [0.1, 0.15) is 17.4 Å². The Hall–Kier alpha value is -3.22. The summed E-state index contributed by atoms with van der Waals surface area (Å²) in [5.41, 5.74) is 0.861. The molecule has 0 aliphatic heterocycles. The van der Waals surface area contributed by atoms with Gasteiger partial charge in [0, 0.05) is 18.4 Å². The number of benzene rings is 1. The molecule has 1 aromatic carbocycles. The van der Waals surface area contributed by atoms with Gasteiger partial charge in [0.25, 0.3) is 0 Å². The number of nitrogens with one attached hydrogen (secondary N) is 1. The number of aliphatic hydroxyl groups excluding tert-OH is 1. The van der Waals surface area contributed by atoms with Crippen LogP contribution in [0.15, 0.2) is 46.9 Å². The Balaban J connectivity index is 1.71.